The van der Waals surface area contributed by atoms with Gasteiger partial charge in [0, 0.05) is 33.7 Å². The molecule has 0 aromatic heterocycles. The molecule has 3 aromatic carbocycles. The topological polar surface area (TPSA) is 256 Å². The molecule has 0 saturated carbocycles. The van der Waals surface area contributed by atoms with Crippen molar-refractivity contribution < 1.29 is 33.5 Å². The molecule has 8 rings (SSSR count). The highest BCUT2D eigenvalue weighted by Gasteiger charge is 2.53. The summed E-state index contributed by atoms with van der Waals surface area (Å²) in [7, 11) is -3.09. The molecule has 2 saturated heterocycles. The summed E-state index contributed by atoms with van der Waals surface area (Å²) in [5.74, 6) is 0.231. The lowest BCUT2D eigenvalue weighted by molar-refractivity contribution is -0.216. The van der Waals surface area contributed by atoms with Crippen LogP contribution < -0.4 is 16.0 Å². The van der Waals surface area contributed by atoms with E-state index in [1.807, 2.05) is 159 Å². The molecular formula is C65H110N11O7S3-3. The molecule has 4 atom stereocenters. The van der Waals surface area contributed by atoms with Gasteiger partial charge in [-0.2, -0.15) is 52.0 Å². The molecule has 0 amide bonds. The molecule has 5 heterocycles. The number of nitrogens with zero attached hydrogens (tertiary/aromatic N) is 5. The first-order valence-corrected chi connectivity index (χ1v) is 34.2. The third-order valence-corrected chi connectivity index (χ3v) is 23.3. The number of likely N-dealkylation sites (tertiary alicyclic amines) is 1. The minimum atomic E-state index is -1.80. The van der Waals surface area contributed by atoms with E-state index in [2.05, 4.69) is 82.4 Å². The van der Waals surface area contributed by atoms with Crippen LogP contribution in [0.2, 0.25) is 0 Å². The molecule has 0 aliphatic carbocycles. The van der Waals surface area contributed by atoms with Crippen LogP contribution in [0.3, 0.4) is 0 Å². The summed E-state index contributed by atoms with van der Waals surface area (Å²) >= 11 is 0. The lowest BCUT2D eigenvalue weighted by atomic mass is 9.77. The zero-order valence-corrected chi connectivity index (χ0v) is 59.0. The second-order valence-corrected chi connectivity index (χ2v) is 35.2. The molecule has 0 radical (unpaired) electrons. The zero-order valence-electron chi connectivity index (χ0n) is 56.5. The standard InChI is InChI=1S/C24H41N4O2S.C23H39N4O3S.C18H30N3O2S/c1-21(2)13-17(14-22(3,4)27(21)9)26-15-20(31(25)30)16-10-11-18-19(12-16)24(7,8)28(29)23(18,5)6;1-20(2)12-16(21(3,4)26(20)28)13-25-14-19(31(24)30)15-9-10-17-18(11-15)23(7,8)27(29)22(17,5)6;1-16(2,3)20-11-15(24(19)23)12-8-9-13-14(10-12)18(6,7)21(22)17(13,4)5/h10-12,17,20,25-26,29H,13-15H2,1-9H3;9-11,16,19,24-25,28-29H,12-14H2,1-8H3;8-10,15,19-20,22H,11H2,1-7H3/q3*-1. The van der Waals surface area contributed by atoms with Crippen molar-refractivity contribution >= 4 is 31.8 Å². The summed E-state index contributed by atoms with van der Waals surface area (Å²) in [5.41, 5.74) is 5.14. The first-order chi connectivity index (χ1) is 38.8. The quantitative estimate of drug-likeness (QED) is 0.0635. The average molecular weight is 1250 g/mol. The third-order valence-electron chi connectivity index (χ3n) is 20.5. The van der Waals surface area contributed by atoms with Gasteiger partial charge in [0.05, 0.1) is 33.2 Å². The molecule has 4 unspecified atom stereocenters. The lowest BCUT2D eigenvalue weighted by Crippen LogP contribution is -2.62. The van der Waals surface area contributed by atoms with Gasteiger partial charge in [-0.05, 0) is 267 Å². The number of rotatable bonds is 15. The predicted molar refractivity (Wildman–Crippen MR) is 346 cm³/mol. The number of hydroxylamine groups is 8. The van der Waals surface area contributed by atoms with Crippen LogP contribution in [0.4, 0.5) is 0 Å². The molecule has 2 fully saturated rings. The van der Waals surface area contributed by atoms with Crippen LogP contribution in [0.1, 0.15) is 244 Å². The molecule has 21 heteroatoms. The average Bonchev–Trinajstić information content (AvgIpc) is 1.71. The number of hydrogen-bond donors (Lipinski definition) is 10. The first-order valence-electron chi connectivity index (χ1n) is 30.5. The van der Waals surface area contributed by atoms with Gasteiger partial charge in [-0.3, -0.25) is 4.90 Å². The van der Waals surface area contributed by atoms with Gasteiger partial charge >= 0.3 is 0 Å². The molecule has 18 nitrogen and oxygen atoms in total. The van der Waals surface area contributed by atoms with E-state index in [-0.39, 0.29) is 33.6 Å². The SMILES string of the molecule is CC(C)(C)NCC(c1ccc2c(c1)C(C)(C)N(O)C2(C)C)[S-](=N)=O.CC1(C)CC(CNCC(c2ccc3c(c2)C(C)(C)N(O)C3(C)C)[S-](=N)=O)C(C)(C)N1O.CN1C(C)(C)CC(NCC(c2ccc3c(c2)C(C)(C)N(O)C3(C)C)[S-](=N)=O)CC1(C)C. The number of hydrogen-bond acceptors (Lipinski definition) is 21. The smallest absolute Gasteiger partial charge is 0.0665 e. The molecular weight excluding hydrogens is 1140 g/mol. The molecule has 0 spiro atoms. The number of nitrogens with one attached hydrogen (secondary N) is 6. The second kappa shape index (κ2) is 24.6. The van der Waals surface area contributed by atoms with E-state index in [4.69, 9.17) is 14.3 Å². The Morgan fingerprint density at radius 2 is 0.791 bits per heavy atom. The van der Waals surface area contributed by atoms with Gasteiger partial charge in [-0.1, -0.05) is 71.3 Å². The van der Waals surface area contributed by atoms with Crippen molar-refractivity contribution in [3.63, 3.8) is 0 Å². The lowest BCUT2D eigenvalue weighted by Gasteiger charge is -2.54. The van der Waals surface area contributed by atoms with Crippen molar-refractivity contribution in [1.82, 2.24) is 41.1 Å². The largest absolute Gasteiger partial charge is 0.444 e. The third kappa shape index (κ3) is 13.8. The summed E-state index contributed by atoms with van der Waals surface area (Å²) in [6.45, 7) is 49.3. The maximum absolute atomic E-state index is 12.4. The summed E-state index contributed by atoms with van der Waals surface area (Å²) in [6, 6.07) is 18.3. The van der Waals surface area contributed by atoms with Crippen LogP contribution >= 0.6 is 0 Å². The van der Waals surface area contributed by atoms with E-state index in [0.717, 1.165) is 69.3 Å². The van der Waals surface area contributed by atoms with E-state index in [1.165, 1.54) is 20.3 Å². The fourth-order valence-electron chi connectivity index (χ4n) is 14.9. The maximum atomic E-state index is 12.4. The van der Waals surface area contributed by atoms with Gasteiger partial charge in [-0.15, -0.1) is 0 Å². The molecule has 5 aliphatic rings. The van der Waals surface area contributed by atoms with Crippen LogP contribution in [-0.2, 0) is 77.6 Å². The Morgan fingerprint density at radius 1 is 0.477 bits per heavy atom. The van der Waals surface area contributed by atoms with E-state index in [1.54, 1.807) is 0 Å². The Morgan fingerprint density at radius 3 is 1.09 bits per heavy atom. The van der Waals surface area contributed by atoms with Gasteiger partial charge in [0.15, 0.2) is 0 Å². The van der Waals surface area contributed by atoms with Crippen molar-refractivity contribution in [2.24, 2.45) is 5.92 Å². The molecule has 488 valence electrons. The van der Waals surface area contributed by atoms with Crippen molar-refractivity contribution in [3.8, 4) is 0 Å². The van der Waals surface area contributed by atoms with Crippen LogP contribution in [0.5, 0.6) is 0 Å². The molecule has 0 bridgehead atoms. The van der Waals surface area contributed by atoms with E-state index in [0.29, 0.717) is 32.2 Å². The Kier molecular flexibility index (Phi) is 20.6. The molecule has 10 N–H and O–H groups in total. The van der Waals surface area contributed by atoms with Crippen molar-refractivity contribution in [3.05, 3.63) is 105 Å². The number of benzene rings is 3. The Balaban J connectivity index is 0.000000208. The first kappa shape index (κ1) is 72.1. The Labute approximate surface area is 522 Å². The van der Waals surface area contributed by atoms with E-state index >= 15 is 0 Å². The van der Waals surface area contributed by atoms with Gasteiger partial charge in [0.1, 0.15) is 0 Å². The fourth-order valence-corrected chi connectivity index (χ4v) is 16.9. The predicted octanol–water partition coefficient (Wildman–Crippen LogP) is 13.4. The summed E-state index contributed by atoms with van der Waals surface area (Å²) in [6.07, 6.45) is 2.87. The second-order valence-electron chi connectivity index (χ2n) is 31.7. The number of piperidine rings is 1. The normalized spacial score (nSPS) is 25.2. The van der Waals surface area contributed by atoms with Crippen molar-refractivity contribution in [2.75, 3.05) is 33.2 Å². The summed E-state index contributed by atoms with van der Waals surface area (Å²) in [4.78, 5) is 2.45. The molecule has 86 heavy (non-hydrogen) atoms. The van der Waals surface area contributed by atoms with Crippen LogP contribution in [0.25, 0.3) is 0 Å². The van der Waals surface area contributed by atoms with Gasteiger partial charge < -0.3 is 63.7 Å². The zero-order chi connectivity index (χ0) is 65.6. The molecule has 5 aliphatic heterocycles. The minimum absolute atomic E-state index is 0.0722. The minimum Gasteiger partial charge on any atom is -0.444 e. The van der Waals surface area contributed by atoms with Gasteiger partial charge in [0.25, 0.3) is 0 Å². The highest BCUT2D eigenvalue weighted by atomic mass is 32.2. The van der Waals surface area contributed by atoms with Gasteiger partial charge in [0.2, 0.25) is 0 Å². The summed E-state index contributed by atoms with van der Waals surface area (Å²) in [5, 5.41) is 57.3. The monoisotopic (exact) mass is 1250 g/mol. The van der Waals surface area contributed by atoms with Crippen LogP contribution in [-0.4, -0.2) is 113 Å². The van der Waals surface area contributed by atoms with Crippen molar-refractivity contribution in [1.29, 1.82) is 14.3 Å². The van der Waals surface area contributed by atoms with E-state index in [9.17, 15) is 33.5 Å². The fraction of sp³-hybridized carbons (Fsp3) is 0.723. The highest BCUT2D eigenvalue weighted by molar-refractivity contribution is 7.74. The van der Waals surface area contributed by atoms with Crippen molar-refractivity contribution in [2.45, 2.75) is 261 Å². The van der Waals surface area contributed by atoms with Gasteiger partial charge in [-0.25, -0.2) is 0 Å². The number of fused-ring (bicyclic) bond motifs is 3. The Bertz CT molecular complexity index is 3170. The summed E-state index contributed by atoms with van der Waals surface area (Å²) < 4.78 is 60.6. The maximum Gasteiger partial charge on any atom is 0.0665 e. The highest BCUT2D eigenvalue weighted by Crippen LogP contribution is 2.52. The molecule has 3 aromatic rings. The van der Waals surface area contributed by atoms with Crippen LogP contribution in [0.15, 0.2) is 54.6 Å². The van der Waals surface area contributed by atoms with E-state index < -0.39 is 80.8 Å². The van der Waals surface area contributed by atoms with Crippen LogP contribution in [0, 0.1) is 20.3 Å². The Hall–Kier alpha value is -2.97.